The number of benzene rings is 3. The van der Waals surface area contributed by atoms with E-state index in [1.807, 2.05) is 84.9 Å². The van der Waals surface area contributed by atoms with Gasteiger partial charge in [-0.1, -0.05) is 67.6 Å². The van der Waals surface area contributed by atoms with Crippen molar-refractivity contribution < 1.29 is 4.79 Å². The van der Waals surface area contributed by atoms with Crippen molar-refractivity contribution >= 4 is 11.6 Å². The number of aryl methyl sites for hydroxylation is 1. The molecule has 4 heteroatoms. The minimum Gasteiger partial charge on any atom is -0.321 e. The molecular weight excluding hydrogens is 346 g/mol. The highest BCUT2D eigenvalue weighted by atomic mass is 16.2. The number of anilines is 1. The second-order valence-corrected chi connectivity index (χ2v) is 6.54. The second kappa shape index (κ2) is 7.92. The number of nitrogens with zero attached hydrogens (tertiary/aromatic N) is 2. The van der Waals surface area contributed by atoms with E-state index in [-0.39, 0.29) is 5.91 Å². The molecule has 3 aromatic carbocycles. The van der Waals surface area contributed by atoms with E-state index in [9.17, 15) is 4.79 Å². The zero-order valence-electron chi connectivity index (χ0n) is 15.7. The molecule has 0 aliphatic rings. The molecule has 0 aliphatic heterocycles. The summed E-state index contributed by atoms with van der Waals surface area (Å²) in [6, 6.07) is 29.3. The Balaban J connectivity index is 1.74. The van der Waals surface area contributed by atoms with Gasteiger partial charge in [-0.15, -0.1) is 0 Å². The lowest BCUT2D eigenvalue weighted by Crippen LogP contribution is -2.17. The lowest BCUT2D eigenvalue weighted by molar-refractivity contribution is 0.101. The maximum Gasteiger partial charge on any atom is 0.274 e. The Morgan fingerprint density at radius 1 is 0.893 bits per heavy atom. The number of carbonyl (C=O) groups excluding carboxylic acids is 1. The van der Waals surface area contributed by atoms with Crippen molar-refractivity contribution in [2.75, 3.05) is 5.32 Å². The van der Waals surface area contributed by atoms with Gasteiger partial charge in [0, 0.05) is 11.3 Å². The molecule has 138 valence electrons. The summed E-state index contributed by atoms with van der Waals surface area (Å²) in [5.74, 6) is -0.188. The van der Waals surface area contributed by atoms with Crippen molar-refractivity contribution in [2.45, 2.75) is 13.3 Å². The Morgan fingerprint density at radius 2 is 1.61 bits per heavy atom. The third-order valence-corrected chi connectivity index (χ3v) is 4.61. The topological polar surface area (TPSA) is 46.9 Å². The Labute approximate surface area is 164 Å². The lowest BCUT2D eigenvalue weighted by Gasteiger charge is -2.09. The van der Waals surface area contributed by atoms with Crippen LogP contribution in [0.1, 0.15) is 23.0 Å². The summed E-state index contributed by atoms with van der Waals surface area (Å²) < 4.78 is 1.70. The van der Waals surface area contributed by atoms with E-state index >= 15 is 0 Å². The van der Waals surface area contributed by atoms with Crippen LogP contribution in [0.2, 0.25) is 0 Å². The van der Waals surface area contributed by atoms with Crippen molar-refractivity contribution in [2.24, 2.45) is 0 Å². The van der Waals surface area contributed by atoms with Crippen LogP contribution < -0.4 is 5.32 Å². The van der Waals surface area contributed by atoms with Crippen LogP contribution in [0.25, 0.3) is 16.9 Å². The molecule has 0 radical (unpaired) electrons. The fraction of sp³-hybridized carbons (Fsp3) is 0.0833. The highest BCUT2D eigenvalue weighted by molar-refractivity contribution is 6.04. The Bertz CT molecular complexity index is 1090. The molecule has 0 fully saturated rings. The molecule has 28 heavy (non-hydrogen) atoms. The lowest BCUT2D eigenvalue weighted by atomic mass is 10.1. The number of amides is 1. The van der Waals surface area contributed by atoms with Crippen molar-refractivity contribution in [3.05, 3.63) is 102 Å². The zero-order chi connectivity index (χ0) is 19.3. The first kappa shape index (κ1) is 17.7. The summed E-state index contributed by atoms with van der Waals surface area (Å²) in [6.07, 6.45) is 0.920. The van der Waals surface area contributed by atoms with Crippen LogP contribution in [0.3, 0.4) is 0 Å². The molecule has 4 nitrogen and oxygen atoms in total. The summed E-state index contributed by atoms with van der Waals surface area (Å²) in [6.45, 7) is 2.09. The van der Waals surface area contributed by atoms with E-state index < -0.39 is 0 Å². The Hall–Kier alpha value is -3.66. The summed E-state index contributed by atoms with van der Waals surface area (Å²) in [5, 5.41) is 7.71. The molecule has 1 amide bonds. The van der Waals surface area contributed by atoms with Gasteiger partial charge in [0.1, 0.15) is 5.69 Å². The standard InChI is InChI=1S/C24H21N3O/c1-2-18-10-9-13-20(16-18)25-24(28)23-17-22(19-11-5-3-6-12-19)26-27(23)21-14-7-4-8-15-21/h3-17H,2H2,1H3,(H,25,28). The molecule has 0 bridgehead atoms. The Kier molecular flexibility index (Phi) is 5.02. The van der Waals surface area contributed by atoms with Crippen LogP contribution in [0.4, 0.5) is 5.69 Å². The van der Waals surface area contributed by atoms with Gasteiger partial charge in [0.2, 0.25) is 0 Å². The number of rotatable bonds is 5. The summed E-state index contributed by atoms with van der Waals surface area (Å²) >= 11 is 0. The molecule has 0 saturated heterocycles. The molecule has 1 aromatic heterocycles. The number of nitrogens with one attached hydrogen (secondary N) is 1. The largest absolute Gasteiger partial charge is 0.321 e. The minimum atomic E-state index is -0.188. The first-order chi connectivity index (χ1) is 13.7. The fourth-order valence-corrected chi connectivity index (χ4v) is 3.12. The smallest absolute Gasteiger partial charge is 0.274 e. The molecule has 0 saturated carbocycles. The maximum absolute atomic E-state index is 13.1. The van der Waals surface area contributed by atoms with Crippen LogP contribution in [-0.4, -0.2) is 15.7 Å². The summed E-state index contributed by atoms with van der Waals surface area (Å²) in [5.41, 5.74) is 5.03. The predicted octanol–water partition coefficient (Wildman–Crippen LogP) is 5.35. The molecule has 4 rings (SSSR count). The first-order valence-electron chi connectivity index (χ1n) is 9.36. The van der Waals surface area contributed by atoms with Crippen molar-refractivity contribution in [1.82, 2.24) is 9.78 Å². The van der Waals surface area contributed by atoms with E-state index in [4.69, 9.17) is 5.10 Å². The third-order valence-electron chi connectivity index (χ3n) is 4.61. The van der Waals surface area contributed by atoms with Gasteiger partial charge in [-0.25, -0.2) is 4.68 Å². The fourth-order valence-electron chi connectivity index (χ4n) is 3.12. The highest BCUT2D eigenvalue weighted by Gasteiger charge is 2.18. The third kappa shape index (κ3) is 3.71. The number of hydrogen-bond donors (Lipinski definition) is 1. The van der Waals surface area contributed by atoms with Gasteiger partial charge in [0.25, 0.3) is 5.91 Å². The van der Waals surface area contributed by atoms with Gasteiger partial charge in [-0.05, 0) is 42.3 Å². The second-order valence-electron chi connectivity index (χ2n) is 6.54. The molecule has 0 aliphatic carbocycles. The van der Waals surface area contributed by atoms with Crippen molar-refractivity contribution in [3.8, 4) is 16.9 Å². The zero-order valence-corrected chi connectivity index (χ0v) is 15.7. The number of para-hydroxylation sites is 1. The number of hydrogen-bond acceptors (Lipinski definition) is 2. The van der Waals surface area contributed by atoms with Gasteiger partial charge in [0.05, 0.1) is 11.4 Å². The molecule has 0 atom stereocenters. The normalized spacial score (nSPS) is 10.6. The van der Waals surface area contributed by atoms with E-state index in [1.165, 1.54) is 5.56 Å². The average molecular weight is 367 g/mol. The molecule has 4 aromatic rings. The van der Waals surface area contributed by atoms with Crippen LogP contribution in [-0.2, 0) is 6.42 Å². The summed E-state index contributed by atoms with van der Waals surface area (Å²) in [4.78, 5) is 13.1. The van der Waals surface area contributed by atoms with Gasteiger partial charge in [-0.2, -0.15) is 5.10 Å². The monoisotopic (exact) mass is 367 g/mol. The summed E-state index contributed by atoms with van der Waals surface area (Å²) in [7, 11) is 0. The molecule has 1 N–H and O–H groups in total. The van der Waals surface area contributed by atoms with E-state index in [0.717, 1.165) is 29.1 Å². The molecule has 0 spiro atoms. The molecular formula is C24H21N3O. The van der Waals surface area contributed by atoms with Crippen molar-refractivity contribution in [1.29, 1.82) is 0 Å². The average Bonchev–Trinajstić information content (AvgIpc) is 3.21. The van der Waals surface area contributed by atoms with Crippen LogP contribution >= 0.6 is 0 Å². The highest BCUT2D eigenvalue weighted by Crippen LogP contribution is 2.22. The van der Waals surface area contributed by atoms with E-state index in [2.05, 4.69) is 18.3 Å². The quantitative estimate of drug-likeness (QED) is 0.516. The van der Waals surface area contributed by atoms with Gasteiger partial charge >= 0.3 is 0 Å². The van der Waals surface area contributed by atoms with Crippen LogP contribution in [0.15, 0.2) is 91.0 Å². The van der Waals surface area contributed by atoms with Crippen LogP contribution in [0.5, 0.6) is 0 Å². The van der Waals surface area contributed by atoms with Gasteiger partial charge in [0.15, 0.2) is 0 Å². The van der Waals surface area contributed by atoms with Gasteiger partial charge < -0.3 is 5.32 Å². The number of aromatic nitrogens is 2. The van der Waals surface area contributed by atoms with E-state index in [1.54, 1.807) is 4.68 Å². The SMILES string of the molecule is CCc1cccc(NC(=O)c2cc(-c3ccccc3)nn2-c2ccccc2)c1. The van der Waals surface area contributed by atoms with Crippen molar-refractivity contribution in [3.63, 3.8) is 0 Å². The van der Waals surface area contributed by atoms with E-state index in [0.29, 0.717) is 5.69 Å². The Morgan fingerprint density at radius 3 is 2.32 bits per heavy atom. The molecule has 1 heterocycles. The van der Waals surface area contributed by atoms with Gasteiger partial charge in [-0.3, -0.25) is 4.79 Å². The van der Waals surface area contributed by atoms with Crippen LogP contribution in [0, 0.1) is 0 Å². The molecule has 0 unspecified atom stereocenters. The predicted molar refractivity (Wildman–Crippen MR) is 113 cm³/mol. The maximum atomic E-state index is 13.1. The number of carbonyl (C=O) groups is 1. The first-order valence-corrected chi connectivity index (χ1v) is 9.36. The minimum absolute atomic E-state index is 0.188.